The van der Waals surface area contributed by atoms with E-state index in [2.05, 4.69) is 0 Å². The molecule has 1 aromatic rings. The molecule has 1 aromatic carbocycles. The Hall–Kier alpha value is -2.49. The molecule has 1 N–H and O–H groups in total. The van der Waals surface area contributed by atoms with E-state index in [0.717, 1.165) is 0 Å². The van der Waals surface area contributed by atoms with Crippen molar-refractivity contribution < 1.29 is 19.5 Å². The van der Waals surface area contributed by atoms with Gasteiger partial charge in [-0.25, -0.2) is 0 Å². The number of benzene rings is 1. The maximum Gasteiger partial charge on any atom is 0.194 e. The fraction of sp³-hybridized carbons (Fsp3) is 0.235. The molecule has 4 nitrogen and oxygen atoms in total. The first-order chi connectivity index (χ1) is 9.81. The Bertz CT molecular complexity index is 749. The van der Waals surface area contributed by atoms with Gasteiger partial charge in [-0.2, -0.15) is 0 Å². The van der Waals surface area contributed by atoms with E-state index in [1.165, 1.54) is 13.0 Å². The molecular formula is C17H16O4. The number of ketones is 3. The molecule has 0 fully saturated rings. The van der Waals surface area contributed by atoms with Crippen LogP contribution in [-0.4, -0.2) is 22.5 Å². The highest BCUT2D eigenvalue weighted by atomic mass is 16.3. The van der Waals surface area contributed by atoms with E-state index in [-0.39, 0.29) is 45.4 Å². The third kappa shape index (κ3) is 2.13. The summed E-state index contributed by atoms with van der Waals surface area (Å²) < 4.78 is 0. The van der Waals surface area contributed by atoms with Gasteiger partial charge in [-0.15, -0.1) is 0 Å². The Kier molecular flexibility index (Phi) is 3.64. The van der Waals surface area contributed by atoms with Crippen molar-refractivity contribution in [2.24, 2.45) is 0 Å². The Morgan fingerprint density at radius 1 is 1.19 bits per heavy atom. The highest BCUT2D eigenvalue weighted by molar-refractivity contribution is 6.29. The number of fused-ring (bicyclic) bond motifs is 1. The first-order valence-corrected chi connectivity index (χ1v) is 6.61. The first-order valence-electron chi connectivity index (χ1n) is 6.61. The van der Waals surface area contributed by atoms with Gasteiger partial charge in [-0.05, 0) is 33.8 Å². The van der Waals surface area contributed by atoms with Crippen LogP contribution in [0.15, 0.2) is 29.4 Å². The minimum atomic E-state index is -0.348. The number of carbonyl (C=O) groups excluding carboxylic acids is 3. The molecule has 21 heavy (non-hydrogen) atoms. The number of Topliss-reactive ketones (excluding diaryl/α,β-unsaturated/α-hetero) is 3. The summed E-state index contributed by atoms with van der Waals surface area (Å²) in [7, 11) is 0. The van der Waals surface area contributed by atoms with Crippen molar-refractivity contribution in [3.05, 3.63) is 51.6 Å². The lowest BCUT2D eigenvalue weighted by atomic mass is 9.80. The summed E-state index contributed by atoms with van der Waals surface area (Å²) >= 11 is 0. The van der Waals surface area contributed by atoms with Crippen LogP contribution in [0.4, 0.5) is 0 Å². The van der Waals surface area contributed by atoms with Crippen molar-refractivity contribution in [2.75, 3.05) is 0 Å². The maximum atomic E-state index is 12.6. The predicted octanol–water partition coefficient (Wildman–Crippen LogP) is 3.17. The van der Waals surface area contributed by atoms with E-state index in [1.54, 1.807) is 32.9 Å². The Morgan fingerprint density at radius 2 is 1.81 bits per heavy atom. The number of carbonyl (C=O) groups is 3. The summed E-state index contributed by atoms with van der Waals surface area (Å²) in [5.41, 5.74) is 1.38. The van der Waals surface area contributed by atoms with Gasteiger partial charge in [0.05, 0.1) is 5.56 Å². The SMILES string of the molecule is CC=CC1=C(C)C(=O)c2cc(C(C)=O)c(O)c(C)c2C1=O. The molecule has 0 heterocycles. The molecule has 2 rings (SSSR count). The summed E-state index contributed by atoms with van der Waals surface area (Å²) in [6.07, 6.45) is 3.28. The highest BCUT2D eigenvalue weighted by Gasteiger charge is 2.32. The Balaban J connectivity index is 2.84. The van der Waals surface area contributed by atoms with Crippen molar-refractivity contribution in [3.63, 3.8) is 0 Å². The summed E-state index contributed by atoms with van der Waals surface area (Å²) in [4.78, 5) is 36.6. The van der Waals surface area contributed by atoms with Gasteiger partial charge >= 0.3 is 0 Å². The average Bonchev–Trinajstić information content (AvgIpc) is 2.43. The third-order valence-corrected chi connectivity index (χ3v) is 3.72. The number of allylic oxidation sites excluding steroid dienone is 4. The minimum absolute atomic E-state index is 0.0645. The molecule has 0 saturated carbocycles. The zero-order valence-corrected chi connectivity index (χ0v) is 12.4. The Labute approximate surface area is 122 Å². The third-order valence-electron chi connectivity index (χ3n) is 3.72. The normalized spacial score (nSPS) is 14.9. The molecule has 108 valence electrons. The van der Waals surface area contributed by atoms with Gasteiger partial charge in [0.25, 0.3) is 0 Å². The molecule has 0 bridgehead atoms. The van der Waals surface area contributed by atoms with Crippen LogP contribution in [0.5, 0.6) is 5.75 Å². The molecule has 1 aliphatic rings. The second-order valence-corrected chi connectivity index (χ2v) is 5.07. The van der Waals surface area contributed by atoms with Gasteiger partial charge in [0.2, 0.25) is 0 Å². The molecule has 0 radical (unpaired) electrons. The average molecular weight is 284 g/mol. The second-order valence-electron chi connectivity index (χ2n) is 5.07. The van der Waals surface area contributed by atoms with Crippen molar-refractivity contribution in [3.8, 4) is 5.75 Å². The molecule has 0 spiro atoms. The second kappa shape index (κ2) is 5.13. The molecule has 0 aliphatic heterocycles. The molecule has 0 unspecified atom stereocenters. The van der Waals surface area contributed by atoms with Gasteiger partial charge in [-0.1, -0.05) is 12.2 Å². The van der Waals surface area contributed by atoms with Crippen LogP contribution in [0, 0.1) is 6.92 Å². The maximum absolute atomic E-state index is 12.6. The van der Waals surface area contributed by atoms with E-state index in [1.807, 2.05) is 0 Å². The fourth-order valence-corrected chi connectivity index (χ4v) is 2.54. The van der Waals surface area contributed by atoms with Crippen molar-refractivity contribution in [2.45, 2.75) is 27.7 Å². The summed E-state index contributed by atoms with van der Waals surface area (Å²) in [6.45, 7) is 6.20. The number of phenolic OH excluding ortho intramolecular Hbond substituents is 1. The quantitative estimate of drug-likeness (QED) is 0.847. The van der Waals surface area contributed by atoms with E-state index in [9.17, 15) is 19.5 Å². The lowest BCUT2D eigenvalue weighted by Gasteiger charge is -2.21. The van der Waals surface area contributed by atoms with Crippen LogP contribution in [0.2, 0.25) is 0 Å². The highest BCUT2D eigenvalue weighted by Crippen LogP contribution is 2.35. The molecule has 0 amide bonds. The number of phenols is 1. The first kappa shape index (κ1) is 14.9. The van der Waals surface area contributed by atoms with Gasteiger partial charge in [-0.3, -0.25) is 14.4 Å². The van der Waals surface area contributed by atoms with Crippen LogP contribution in [0.3, 0.4) is 0 Å². The van der Waals surface area contributed by atoms with Crippen LogP contribution in [-0.2, 0) is 0 Å². The fourth-order valence-electron chi connectivity index (χ4n) is 2.54. The van der Waals surface area contributed by atoms with Gasteiger partial charge in [0.1, 0.15) is 5.75 Å². The van der Waals surface area contributed by atoms with E-state index >= 15 is 0 Å². The van der Waals surface area contributed by atoms with Crippen molar-refractivity contribution >= 4 is 17.3 Å². The predicted molar refractivity (Wildman–Crippen MR) is 79.0 cm³/mol. The van der Waals surface area contributed by atoms with Crippen LogP contribution >= 0.6 is 0 Å². The zero-order chi connectivity index (χ0) is 15.9. The molecule has 0 aromatic heterocycles. The van der Waals surface area contributed by atoms with Gasteiger partial charge < -0.3 is 5.11 Å². The minimum Gasteiger partial charge on any atom is -0.507 e. The zero-order valence-electron chi connectivity index (χ0n) is 12.4. The molecular weight excluding hydrogens is 268 g/mol. The van der Waals surface area contributed by atoms with Gasteiger partial charge in [0, 0.05) is 27.8 Å². The summed E-state index contributed by atoms with van der Waals surface area (Å²) in [6, 6.07) is 1.32. The lowest BCUT2D eigenvalue weighted by molar-refractivity contribution is 0.0975. The molecule has 0 atom stereocenters. The number of hydrogen-bond donors (Lipinski definition) is 1. The van der Waals surface area contributed by atoms with Crippen LogP contribution < -0.4 is 0 Å². The van der Waals surface area contributed by atoms with E-state index < -0.39 is 0 Å². The standard InChI is InChI=1S/C17H16O4/c1-5-6-11-8(2)15(19)13-7-12(10(4)18)16(20)9(3)14(13)17(11)21/h5-7,20H,1-4H3. The van der Waals surface area contributed by atoms with Crippen LogP contribution in [0.1, 0.15) is 57.4 Å². The number of hydrogen-bond acceptors (Lipinski definition) is 4. The largest absolute Gasteiger partial charge is 0.507 e. The number of aromatic hydroxyl groups is 1. The topological polar surface area (TPSA) is 71.4 Å². The van der Waals surface area contributed by atoms with Crippen molar-refractivity contribution in [1.29, 1.82) is 0 Å². The lowest BCUT2D eigenvalue weighted by Crippen LogP contribution is -2.22. The monoisotopic (exact) mass is 284 g/mol. The van der Waals surface area contributed by atoms with Crippen molar-refractivity contribution in [1.82, 2.24) is 0 Å². The Morgan fingerprint density at radius 3 is 2.33 bits per heavy atom. The van der Waals surface area contributed by atoms with Gasteiger partial charge in [0.15, 0.2) is 17.3 Å². The summed E-state index contributed by atoms with van der Waals surface area (Å²) in [5, 5.41) is 10.1. The molecule has 1 aliphatic carbocycles. The van der Waals surface area contributed by atoms with E-state index in [4.69, 9.17) is 0 Å². The molecule has 4 heteroatoms. The smallest absolute Gasteiger partial charge is 0.194 e. The molecule has 0 saturated heterocycles. The number of rotatable bonds is 2. The summed E-state index contributed by atoms with van der Waals surface area (Å²) in [5.74, 6) is -1.17. The van der Waals surface area contributed by atoms with E-state index in [0.29, 0.717) is 11.1 Å². The van der Waals surface area contributed by atoms with Crippen LogP contribution in [0.25, 0.3) is 0 Å².